The summed E-state index contributed by atoms with van der Waals surface area (Å²) in [4.78, 5) is 50.1. The minimum absolute atomic E-state index is 0.184. The highest BCUT2D eigenvalue weighted by Crippen LogP contribution is 2.58. The highest BCUT2D eigenvalue weighted by molar-refractivity contribution is 6.18. The Labute approximate surface area is 238 Å². The van der Waals surface area contributed by atoms with E-state index in [2.05, 4.69) is 27.3 Å². The second-order valence-electron chi connectivity index (χ2n) is 11.3. The van der Waals surface area contributed by atoms with E-state index < -0.39 is 23.4 Å². The van der Waals surface area contributed by atoms with E-state index in [4.69, 9.17) is 0 Å². The average Bonchev–Trinajstić information content (AvgIpc) is 3.45. The zero-order valence-electron chi connectivity index (χ0n) is 23.1. The molecule has 4 aromatic rings. The van der Waals surface area contributed by atoms with E-state index in [0.29, 0.717) is 16.8 Å². The molecule has 1 fully saturated rings. The minimum Gasteiger partial charge on any atom is -0.352 e. The highest BCUT2D eigenvalue weighted by atomic mass is 16.2. The van der Waals surface area contributed by atoms with Crippen LogP contribution < -0.4 is 10.2 Å². The van der Waals surface area contributed by atoms with Crippen LogP contribution in [0, 0.1) is 19.8 Å². The maximum atomic E-state index is 14.7. The second-order valence-corrected chi connectivity index (χ2v) is 11.3. The molecule has 202 valence electrons. The molecule has 1 spiro atoms. The first-order chi connectivity index (χ1) is 19.8. The van der Waals surface area contributed by atoms with Gasteiger partial charge in [0.2, 0.25) is 5.91 Å². The van der Waals surface area contributed by atoms with Gasteiger partial charge in [-0.15, -0.1) is 0 Å². The Balaban J connectivity index is 1.56. The number of allylic oxidation sites excluding steroid dienone is 1. The molecule has 6 nitrogen and oxygen atoms in total. The summed E-state index contributed by atoms with van der Waals surface area (Å²) in [5.41, 5.74) is 6.02. The van der Waals surface area contributed by atoms with Gasteiger partial charge in [-0.05, 0) is 62.2 Å². The molecule has 0 aliphatic carbocycles. The van der Waals surface area contributed by atoms with Gasteiger partial charge in [0.15, 0.2) is 11.6 Å². The maximum absolute atomic E-state index is 14.7. The van der Waals surface area contributed by atoms with Crippen molar-refractivity contribution in [2.75, 3.05) is 10.2 Å². The molecule has 1 aromatic heterocycles. The van der Waals surface area contributed by atoms with E-state index in [1.165, 1.54) is 0 Å². The van der Waals surface area contributed by atoms with Crippen molar-refractivity contribution >= 4 is 34.4 Å². The van der Waals surface area contributed by atoms with E-state index in [1.54, 1.807) is 24.5 Å². The Hall–Kier alpha value is -4.84. The average molecular weight is 540 g/mol. The predicted octanol–water partition coefficient (Wildman–Crippen LogP) is 5.94. The van der Waals surface area contributed by atoms with Crippen molar-refractivity contribution in [2.45, 2.75) is 38.3 Å². The number of amides is 1. The lowest BCUT2D eigenvalue weighted by Gasteiger charge is -2.39. The molecule has 4 atom stereocenters. The summed E-state index contributed by atoms with van der Waals surface area (Å²) in [5.74, 6) is -1.70. The number of benzene rings is 3. The molecule has 3 aliphatic rings. The SMILES string of the molecule is CC1=C[C@@H]2N(c3ccc(C)cc31)[C@H](C(=O)c1ccc(C)cc1)[C@H](C(=O)c1ccncc1)[C@]21C(=O)Nc2ccccc21. The maximum Gasteiger partial charge on any atom is 0.238 e. The number of anilines is 2. The number of rotatable bonds is 4. The smallest absolute Gasteiger partial charge is 0.238 e. The van der Waals surface area contributed by atoms with E-state index in [1.807, 2.05) is 81.4 Å². The highest BCUT2D eigenvalue weighted by Gasteiger charge is 2.70. The van der Waals surface area contributed by atoms with Crippen LogP contribution in [0.5, 0.6) is 0 Å². The van der Waals surface area contributed by atoms with Crippen LogP contribution >= 0.6 is 0 Å². The van der Waals surface area contributed by atoms with Gasteiger partial charge < -0.3 is 10.2 Å². The number of carbonyl (C=O) groups is 3. The second kappa shape index (κ2) is 9.10. The number of carbonyl (C=O) groups excluding carboxylic acids is 3. The Morgan fingerprint density at radius 2 is 1.51 bits per heavy atom. The van der Waals surface area contributed by atoms with Gasteiger partial charge >= 0.3 is 0 Å². The number of aromatic nitrogens is 1. The number of ketones is 2. The predicted molar refractivity (Wildman–Crippen MR) is 159 cm³/mol. The monoisotopic (exact) mass is 539 g/mol. The molecule has 7 rings (SSSR count). The molecule has 3 aromatic carbocycles. The number of Topliss-reactive ketones (excluding diaryl/α,β-unsaturated/α-hetero) is 2. The van der Waals surface area contributed by atoms with Crippen molar-refractivity contribution in [3.63, 3.8) is 0 Å². The third-order valence-corrected chi connectivity index (χ3v) is 8.98. The largest absolute Gasteiger partial charge is 0.352 e. The van der Waals surface area contributed by atoms with Crippen molar-refractivity contribution in [1.82, 2.24) is 4.98 Å². The fraction of sp³-hybridized carbons (Fsp3) is 0.200. The summed E-state index contributed by atoms with van der Waals surface area (Å²) < 4.78 is 0. The summed E-state index contributed by atoms with van der Waals surface area (Å²) in [6, 6.07) is 23.0. The lowest BCUT2D eigenvalue weighted by atomic mass is 9.64. The summed E-state index contributed by atoms with van der Waals surface area (Å²) in [6.45, 7) is 6.05. The summed E-state index contributed by atoms with van der Waals surface area (Å²) >= 11 is 0. The van der Waals surface area contributed by atoms with Crippen LogP contribution in [-0.4, -0.2) is 34.5 Å². The van der Waals surface area contributed by atoms with E-state index in [0.717, 1.165) is 33.5 Å². The quantitative estimate of drug-likeness (QED) is 0.325. The number of nitrogens with zero attached hydrogens (tertiary/aromatic N) is 2. The van der Waals surface area contributed by atoms with Crippen LogP contribution in [-0.2, 0) is 10.2 Å². The molecular formula is C35H29N3O3. The third kappa shape index (κ3) is 3.50. The molecule has 41 heavy (non-hydrogen) atoms. The zero-order chi connectivity index (χ0) is 28.5. The van der Waals surface area contributed by atoms with E-state index in [9.17, 15) is 14.4 Å². The number of fused-ring (bicyclic) bond motifs is 6. The van der Waals surface area contributed by atoms with Crippen LogP contribution in [0.2, 0.25) is 0 Å². The van der Waals surface area contributed by atoms with Crippen LogP contribution in [0.1, 0.15) is 49.9 Å². The number of pyridine rings is 1. The molecule has 3 aliphatic heterocycles. The fourth-order valence-corrected chi connectivity index (χ4v) is 7.13. The van der Waals surface area contributed by atoms with Crippen LogP contribution in [0.4, 0.5) is 11.4 Å². The Bertz CT molecular complexity index is 1780. The number of hydrogen-bond donors (Lipinski definition) is 1. The van der Waals surface area contributed by atoms with Crippen molar-refractivity contribution in [3.8, 4) is 0 Å². The lowest BCUT2D eigenvalue weighted by molar-refractivity contribution is -0.121. The third-order valence-electron chi connectivity index (χ3n) is 8.98. The van der Waals surface area contributed by atoms with Crippen molar-refractivity contribution < 1.29 is 14.4 Å². The van der Waals surface area contributed by atoms with Crippen LogP contribution in [0.3, 0.4) is 0 Å². The van der Waals surface area contributed by atoms with E-state index in [-0.39, 0.29) is 17.5 Å². The van der Waals surface area contributed by atoms with Gasteiger partial charge in [0.25, 0.3) is 0 Å². The fourth-order valence-electron chi connectivity index (χ4n) is 7.13. The molecule has 1 amide bonds. The van der Waals surface area contributed by atoms with Gasteiger partial charge in [-0.2, -0.15) is 0 Å². The first kappa shape index (κ1) is 25.1. The molecule has 1 saturated heterocycles. The molecule has 4 heterocycles. The molecule has 0 bridgehead atoms. The molecule has 0 radical (unpaired) electrons. The van der Waals surface area contributed by atoms with Gasteiger partial charge in [-0.1, -0.05) is 65.7 Å². The van der Waals surface area contributed by atoms with Gasteiger partial charge in [-0.25, -0.2) is 0 Å². The number of para-hydroxylation sites is 1. The van der Waals surface area contributed by atoms with Gasteiger partial charge in [0, 0.05) is 40.5 Å². The van der Waals surface area contributed by atoms with Crippen molar-refractivity contribution in [1.29, 1.82) is 0 Å². The molecule has 1 N–H and O–H groups in total. The normalized spacial score (nSPS) is 23.9. The van der Waals surface area contributed by atoms with E-state index >= 15 is 0 Å². The van der Waals surface area contributed by atoms with Crippen molar-refractivity contribution in [3.05, 3.63) is 131 Å². The number of aryl methyl sites for hydroxylation is 2. The first-order valence-electron chi connectivity index (χ1n) is 13.9. The van der Waals surface area contributed by atoms with Gasteiger partial charge in [0.05, 0.1) is 12.0 Å². The first-order valence-corrected chi connectivity index (χ1v) is 13.9. The van der Waals surface area contributed by atoms with Crippen LogP contribution in [0.15, 0.2) is 97.3 Å². The van der Waals surface area contributed by atoms with Crippen LogP contribution in [0.25, 0.3) is 5.57 Å². The standard InChI is InChI=1S/C35H29N3O3/c1-20-8-11-23(12-9-20)33(40)31-30(32(39)24-14-16-36-17-15-24)35(26-6-4-5-7-27(26)37-34(35)41)29-19-22(3)25-18-21(2)10-13-28(25)38(29)31/h4-19,29-31H,1-3H3,(H,37,41)/t29-,30+,31-,35+/m0/s1. The molecule has 0 saturated carbocycles. The zero-order valence-corrected chi connectivity index (χ0v) is 23.1. The van der Waals surface area contributed by atoms with Gasteiger partial charge in [0.1, 0.15) is 11.5 Å². The Morgan fingerprint density at radius 3 is 2.27 bits per heavy atom. The summed E-state index contributed by atoms with van der Waals surface area (Å²) in [7, 11) is 0. The summed E-state index contributed by atoms with van der Waals surface area (Å²) in [6.07, 6.45) is 5.23. The molecular weight excluding hydrogens is 510 g/mol. The Kier molecular flexibility index (Phi) is 5.58. The molecule has 0 unspecified atom stereocenters. The number of hydrogen-bond acceptors (Lipinski definition) is 5. The Morgan fingerprint density at radius 1 is 0.829 bits per heavy atom. The molecule has 6 heteroatoms. The lowest BCUT2D eigenvalue weighted by Crippen LogP contribution is -2.51. The summed E-state index contributed by atoms with van der Waals surface area (Å²) in [5, 5.41) is 3.08. The topological polar surface area (TPSA) is 79.4 Å². The van der Waals surface area contributed by atoms with Gasteiger partial charge in [-0.3, -0.25) is 19.4 Å². The van der Waals surface area contributed by atoms with Crippen molar-refractivity contribution in [2.24, 2.45) is 5.92 Å². The minimum atomic E-state index is -1.33. The number of nitrogens with one attached hydrogen (secondary N) is 1.